The van der Waals surface area contributed by atoms with Crippen molar-refractivity contribution in [2.75, 3.05) is 18.4 Å². The van der Waals surface area contributed by atoms with Crippen molar-refractivity contribution in [2.24, 2.45) is 0 Å². The summed E-state index contributed by atoms with van der Waals surface area (Å²) in [6.07, 6.45) is 1.08. The molecule has 1 aliphatic heterocycles. The van der Waals surface area contributed by atoms with Crippen LogP contribution in [0.3, 0.4) is 0 Å². The first kappa shape index (κ1) is 15.8. The summed E-state index contributed by atoms with van der Waals surface area (Å²) >= 11 is 6.99. The molecule has 1 saturated heterocycles. The zero-order valence-electron chi connectivity index (χ0n) is 12.5. The fraction of sp³-hybridized carbons (Fsp3) is 0.467. The molecule has 0 aliphatic carbocycles. The van der Waals surface area contributed by atoms with Crippen LogP contribution in [0.4, 0.5) is 5.95 Å². The van der Waals surface area contributed by atoms with Crippen LogP contribution in [0.1, 0.15) is 31.9 Å². The largest absolute Gasteiger partial charge is 0.352 e. The molecular weight excluding hydrogens is 410 g/mol. The van der Waals surface area contributed by atoms with Gasteiger partial charge in [0.1, 0.15) is 11.6 Å². The maximum Gasteiger partial charge on any atom is 0.204 e. The molecule has 2 aromatic rings. The Morgan fingerprint density at radius 1 is 1.50 bits per heavy atom. The molecule has 0 amide bonds. The van der Waals surface area contributed by atoms with E-state index in [2.05, 4.69) is 67.0 Å². The van der Waals surface area contributed by atoms with Crippen LogP contribution >= 0.6 is 31.9 Å². The van der Waals surface area contributed by atoms with Crippen molar-refractivity contribution in [1.82, 2.24) is 14.9 Å². The molecule has 116 valence electrons. The van der Waals surface area contributed by atoms with Gasteiger partial charge in [0.2, 0.25) is 5.95 Å². The summed E-state index contributed by atoms with van der Waals surface area (Å²) in [5.74, 6) is 0.834. The van der Waals surface area contributed by atoms with Gasteiger partial charge in [0.25, 0.3) is 0 Å². The number of aromatic nitrogens is 2. The van der Waals surface area contributed by atoms with E-state index in [1.165, 1.54) is 0 Å². The predicted molar refractivity (Wildman–Crippen MR) is 95.1 cm³/mol. The minimum absolute atomic E-state index is 0.251. The molecule has 0 bridgehead atoms. The first-order chi connectivity index (χ1) is 10.5. The van der Waals surface area contributed by atoms with Crippen LogP contribution in [0.15, 0.2) is 15.0 Å². The lowest BCUT2D eigenvalue weighted by Gasteiger charge is -2.17. The summed E-state index contributed by atoms with van der Waals surface area (Å²) in [5.41, 5.74) is 2.27. The Morgan fingerprint density at radius 2 is 2.27 bits per heavy atom. The number of anilines is 1. The molecule has 0 radical (unpaired) electrons. The molecule has 1 aliphatic rings. The minimum atomic E-state index is 0.251. The molecule has 7 heteroatoms. The van der Waals surface area contributed by atoms with Gasteiger partial charge in [-0.05, 0) is 64.7 Å². The van der Waals surface area contributed by atoms with E-state index in [0.717, 1.165) is 45.4 Å². The average molecular weight is 427 g/mol. The van der Waals surface area contributed by atoms with E-state index in [0.29, 0.717) is 11.6 Å². The summed E-state index contributed by atoms with van der Waals surface area (Å²) in [6, 6.07) is 4.91. The molecule has 0 spiro atoms. The van der Waals surface area contributed by atoms with E-state index >= 15 is 0 Å². The third-order valence-corrected chi connectivity index (χ3v) is 5.88. The number of nitriles is 1. The molecule has 1 aromatic carbocycles. The average Bonchev–Trinajstić information content (AvgIpc) is 3.08. The van der Waals surface area contributed by atoms with Crippen molar-refractivity contribution >= 4 is 48.8 Å². The van der Waals surface area contributed by atoms with Crippen LogP contribution < -0.4 is 10.6 Å². The van der Waals surface area contributed by atoms with Gasteiger partial charge in [-0.2, -0.15) is 5.26 Å². The zero-order valence-corrected chi connectivity index (χ0v) is 15.6. The van der Waals surface area contributed by atoms with E-state index in [9.17, 15) is 5.26 Å². The Balaban J connectivity index is 2.19. The van der Waals surface area contributed by atoms with Gasteiger partial charge < -0.3 is 15.2 Å². The van der Waals surface area contributed by atoms with E-state index in [-0.39, 0.29) is 6.04 Å². The van der Waals surface area contributed by atoms with Gasteiger partial charge in [0.05, 0.1) is 15.6 Å². The molecule has 0 unspecified atom stereocenters. The molecule has 1 fully saturated rings. The highest BCUT2D eigenvalue weighted by Crippen LogP contribution is 2.36. The predicted octanol–water partition coefficient (Wildman–Crippen LogP) is 3.79. The Hall–Kier alpha value is -1.10. The van der Waals surface area contributed by atoms with Gasteiger partial charge in [-0.1, -0.05) is 0 Å². The smallest absolute Gasteiger partial charge is 0.204 e. The number of hydrogen-bond acceptors (Lipinski definition) is 4. The van der Waals surface area contributed by atoms with Crippen molar-refractivity contribution in [2.45, 2.75) is 32.4 Å². The highest BCUT2D eigenvalue weighted by atomic mass is 79.9. The highest BCUT2D eigenvalue weighted by molar-refractivity contribution is 9.13. The van der Waals surface area contributed by atoms with Gasteiger partial charge >= 0.3 is 0 Å². The molecule has 1 atom stereocenters. The summed E-state index contributed by atoms with van der Waals surface area (Å²) in [5, 5.41) is 16.4. The van der Waals surface area contributed by atoms with E-state index in [1.54, 1.807) is 0 Å². The van der Waals surface area contributed by atoms with Gasteiger partial charge in [0, 0.05) is 23.1 Å². The van der Waals surface area contributed by atoms with Crippen LogP contribution in [0.2, 0.25) is 0 Å². The second kappa shape index (κ2) is 6.19. The van der Waals surface area contributed by atoms with Gasteiger partial charge in [-0.25, -0.2) is 4.98 Å². The number of rotatable bonds is 3. The second-order valence-electron chi connectivity index (χ2n) is 5.76. The maximum absolute atomic E-state index is 9.48. The summed E-state index contributed by atoms with van der Waals surface area (Å²) in [6.45, 7) is 6.22. The minimum Gasteiger partial charge on any atom is -0.352 e. The van der Waals surface area contributed by atoms with E-state index in [1.807, 2.05) is 6.07 Å². The van der Waals surface area contributed by atoms with E-state index in [4.69, 9.17) is 4.98 Å². The Labute approximate surface area is 146 Å². The zero-order chi connectivity index (χ0) is 15.9. The maximum atomic E-state index is 9.48. The normalized spacial score (nSPS) is 18.1. The van der Waals surface area contributed by atoms with Crippen LogP contribution in [0.25, 0.3) is 11.0 Å². The molecule has 0 saturated carbocycles. The van der Waals surface area contributed by atoms with Crippen molar-refractivity contribution in [1.29, 1.82) is 5.26 Å². The first-order valence-electron chi connectivity index (χ1n) is 7.30. The third-order valence-electron chi connectivity index (χ3n) is 3.90. The fourth-order valence-electron chi connectivity index (χ4n) is 2.86. The van der Waals surface area contributed by atoms with Crippen LogP contribution in [-0.2, 0) is 0 Å². The third kappa shape index (κ3) is 2.64. The number of benzene rings is 1. The monoisotopic (exact) mass is 425 g/mol. The fourth-order valence-corrected chi connectivity index (χ4v) is 3.67. The van der Waals surface area contributed by atoms with Crippen molar-refractivity contribution in [3.63, 3.8) is 0 Å². The number of imidazole rings is 1. The van der Waals surface area contributed by atoms with Gasteiger partial charge in [-0.15, -0.1) is 0 Å². The number of nitrogens with one attached hydrogen (secondary N) is 2. The van der Waals surface area contributed by atoms with E-state index < -0.39 is 0 Å². The number of halogens is 2. The molecule has 2 heterocycles. The molecule has 22 heavy (non-hydrogen) atoms. The summed E-state index contributed by atoms with van der Waals surface area (Å²) < 4.78 is 3.78. The molecule has 3 rings (SSSR count). The molecule has 1 aromatic heterocycles. The first-order valence-corrected chi connectivity index (χ1v) is 8.88. The number of fused-ring (bicyclic) bond motifs is 1. The standard InChI is InChI=1S/C15H17Br2N5/c1-8(2)22-12-5-11(16)13(17)10(6-18)14(12)21-15(22)20-9-3-4-19-7-9/h5,8-9,19H,3-4,7H2,1-2H3,(H,20,21)/t9-/m1/s1. The summed E-state index contributed by atoms with van der Waals surface area (Å²) in [7, 11) is 0. The lowest BCUT2D eigenvalue weighted by molar-refractivity contribution is 0.615. The summed E-state index contributed by atoms with van der Waals surface area (Å²) in [4.78, 5) is 4.72. The van der Waals surface area contributed by atoms with Crippen LogP contribution in [-0.4, -0.2) is 28.7 Å². The Bertz CT molecular complexity index is 754. The lowest BCUT2D eigenvalue weighted by atomic mass is 10.2. The van der Waals surface area contributed by atoms with Gasteiger partial charge in [-0.3, -0.25) is 0 Å². The SMILES string of the molecule is CC(C)n1c(N[C@@H]2CCNC2)nc2c(C#N)c(Br)c(Br)cc21. The quantitative estimate of drug-likeness (QED) is 0.783. The van der Waals surface area contributed by atoms with Crippen molar-refractivity contribution in [3.8, 4) is 6.07 Å². The Morgan fingerprint density at radius 3 is 2.86 bits per heavy atom. The van der Waals surface area contributed by atoms with Gasteiger partial charge in [0.15, 0.2) is 0 Å². The molecule has 5 nitrogen and oxygen atoms in total. The molecule has 2 N–H and O–H groups in total. The highest BCUT2D eigenvalue weighted by Gasteiger charge is 2.22. The van der Waals surface area contributed by atoms with Crippen molar-refractivity contribution < 1.29 is 0 Å². The number of hydrogen-bond donors (Lipinski definition) is 2. The Kier molecular flexibility index (Phi) is 4.44. The van der Waals surface area contributed by atoms with Crippen LogP contribution in [0, 0.1) is 11.3 Å². The van der Waals surface area contributed by atoms with Crippen molar-refractivity contribution in [3.05, 3.63) is 20.6 Å². The topological polar surface area (TPSA) is 65.7 Å². The lowest BCUT2D eigenvalue weighted by Crippen LogP contribution is -2.24. The second-order valence-corrected chi connectivity index (χ2v) is 7.41. The number of nitrogens with zero attached hydrogens (tertiary/aromatic N) is 3. The molecular formula is C15H17Br2N5. The van der Waals surface area contributed by atoms with Crippen LogP contribution in [0.5, 0.6) is 0 Å².